The number of hydrogen-bond donors (Lipinski definition) is 2. The molecule has 1 aromatic carbocycles. The van der Waals surface area contributed by atoms with Gasteiger partial charge in [-0.05, 0) is 6.07 Å². The second kappa shape index (κ2) is 5.47. The van der Waals surface area contributed by atoms with Crippen LogP contribution in [0.1, 0.15) is 11.6 Å². The lowest BCUT2D eigenvalue weighted by Crippen LogP contribution is -2.29. The van der Waals surface area contributed by atoms with Gasteiger partial charge >= 0.3 is 0 Å². The minimum absolute atomic E-state index is 0.125. The first-order valence-electron chi connectivity index (χ1n) is 6.57. The van der Waals surface area contributed by atoms with Gasteiger partial charge in [0, 0.05) is 18.3 Å². The van der Waals surface area contributed by atoms with Gasteiger partial charge in [-0.2, -0.15) is 9.82 Å². The monoisotopic (exact) mass is 308 g/mol. The molecule has 0 radical (unpaired) electrons. The Labute approximate surface area is 122 Å². The van der Waals surface area contributed by atoms with Crippen molar-refractivity contribution in [1.82, 2.24) is 14.5 Å². The van der Waals surface area contributed by atoms with Gasteiger partial charge in [0.1, 0.15) is 17.3 Å². The van der Waals surface area contributed by atoms with Crippen LogP contribution in [-0.4, -0.2) is 31.3 Å². The summed E-state index contributed by atoms with van der Waals surface area (Å²) in [5, 5.41) is 3.98. The Hall–Kier alpha value is -1.90. The van der Waals surface area contributed by atoms with Crippen LogP contribution in [0.5, 0.6) is 5.75 Å². The number of sulfonamides is 1. The minimum atomic E-state index is -3.64. The third-order valence-corrected chi connectivity index (χ3v) is 4.70. The lowest BCUT2D eigenvalue weighted by atomic mass is 10.1. The molecule has 0 bridgehead atoms. The Morgan fingerprint density at radius 3 is 3.05 bits per heavy atom. The molecule has 3 N–H and O–H groups in total. The van der Waals surface area contributed by atoms with Crippen LogP contribution in [-0.2, 0) is 16.6 Å². The lowest BCUT2D eigenvalue weighted by Gasteiger charge is -2.10. The third kappa shape index (κ3) is 2.78. The number of hydrogen-bond acceptors (Lipinski definition) is 5. The van der Waals surface area contributed by atoms with Gasteiger partial charge in [-0.15, -0.1) is 0 Å². The van der Waals surface area contributed by atoms with Crippen LogP contribution in [0.2, 0.25) is 0 Å². The molecule has 21 heavy (non-hydrogen) atoms. The molecule has 112 valence electrons. The SMILES string of the molecule is NCCn1cc(S(=O)(=O)NC2COc3ccccc32)cn1. The summed E-state index contributed by atoms with van der Waals surface area (Å²) in [5.74, 6) is 0.712. The van der Waals surface area contributed by atoms with Gasteiger partial charge < -0.3 is 10.5 Å². The Morgan fingerprint density at radius 1 is 1.43 bits per heavy atom. The highest BCUT2D eigenvalue weighted by Gasteiger charge is 2.29. The zero-order valence-corrected chi connectivity index (χ0v) is 12.1. The highest BCUT2D eigenvalue weighted by molar-refractivity contribution is 7.89. The summed E-state index contributed by atoms with van der Waals surface area (Å²) >= 11 is 0. The number of ether oxygens (including phenoxy) is 1. The van der Waals surface area contributed by atoms with Crippen LogP contribution in [0.4, 0.5) is 0 Å². The summed E-state index contributed by atoms with van der Waals surface area (Å²) in [6.45, 7) is 1.17. The van der Waals surface area contributed by atoms with Crippen LogP contribution < -0.4 is 15.2 Å². The fourth-order valence-corrected chi connectivity index (χ4v) is 3.41. The molecule has 0 spiro atoms. The van der Waals surface area contributed by atoms with Gasteiger partial charge in [0.2, 0.25) is 10.0 Å². The second-order valence-electron chi connectivity index (χ2n) is 4.75. The molecule has 1 aliphatic heterocycles. The number of fused-ring (bicyclic) bond motifs is 1. The lowest BCUT2D eigenvalue weighted by molar-refractivity contribution is 0.325. The minimum Gasteiger partial charge on any atom is -0.491 e. The maximum Gasteiger partial charge on any atom is 0.244 e. The fraction of sp³-hybridized carbons (Fsp3) is 0.308. The molecule has 1 unspecified atom stereocenters. The molecular weight excluding hydrogens is 292 g/mol. The summed E-state index contributed by atoms with van der Waals surface area (Å²) in [4.78, 5) is 0.125. The van der Waals surface area contributed by atoms with Crippen molar-refractivity contribution in [1.29, 1.82) is 0 Å². The van der Waals surface area contributed by atoms with E-state index in [-0.39, 0.29) is 17.5 Å². The van der Waals surface area contributed by atoms with Gasteiger partial charge in [0.15, 0.2) is 0 Å². The molecule has 3 rings (SSSR count). The molecule has 2 aromatic rings. The van der Waals surface area contributed by atoms with Crippen molar-refractivity contribution in [2.45, 2.75) is 17.5 Å². The van der Waals surface area contributed by atoms with E-state index in [4.69, 9.17) is 10.5 Å². The average Bonchev–Trinajstić information content (AvgIpc) is 3.07. The Balaban J connectivity index is 1.80. The molecule has 2 heterocycles. The molecule has 0 aliphatic carbocycles. The predicted octanol–water partition coefficient (Wildman–Crippen LogP) is 0.254. The molecule has 7 nitrogen and oxygen atoms in total. The second-order valence-corrected chi connectivity index (χ2v) is 6.46. The van der Waals surface area contributed by atoms with Crippen LogP contribution in [0, 0.1) is 0 Å². The number of nitrogens with one attached hydrogen (secondary N) is 1. The molecule has 8 heteroatoms. The largest absolute Gasteiger partial charge is 0.491 e. The van der Waals surface area contributed by atoms with E-state index in [1.807, 2.05) is 24.3 Å². The predicted molar refractivity (Wildman–Crippen MR) is 76.3 cm³/mol. The quantitative estimate of drug-likeness (QED) is 0.825. The molecule has 0 amide bonds. The number of nitrogens with two attached hydrogens (primary N) is 1. The molecular formula is C13H16N4O3S. The van der Waals surface area contributed by atoms with E-state index in [1.165, 1.54) is 17.1 Å². The summed E-state index contributed by atoms with van der Waals surface area (Å²) in [6, 6.07) is 7.00. The highest BCUT2D eigenvalue weighted by atomic mass is 32.2. The summed E-state index contributed by atoms with van der Waals surface area (Å²) < 4.78 is 34.4. The van der Waals surface area contributed by atoms with Crippen LogP contribution in [0.25, 0.3) is 0 Å². The van der Waals surface area contributed by atoms with E-state index < -0.39 is 10.0 Å². The fourth-order valence-electron chi connectivity index (χ4n) is 2.25. The van der Waals surface area contributed by atoms with Gasteiger partial charge in [-0.3, -0.25) is 4.68 Å². The Kier molecular flexibility index (Phi) is 3.66. The number of aromatic nitrogens is 2. The van der Waals surface area contributed by atoms with Crippen LogP contribution >= 0.6 is 0 Å². The molecule has 0 fully saturated rings. The molecule has 1 aliphatic rings. The van der Waals surface area contributed by atoms with E-state index in [0.717, 1.165) is 5.56 Å². The maximum atomic E-state index is 12.4. The van der Waals surface area contributed by atoms with Crippen molar-refractivity contribution in [2.24, 2.45) is 5.73 Å². The zero-order chi connectivity index (χ0) is 14.9. The van der Waals surface area contributed by atoms with Gasteiger partial charge in [0.05, 0.1) is 18.8 Å². The molecule has 0 saturated heterocycles. The first-order valence-corrected chi connectivity index (χ1v) is 8.05. The normalized spacial score (nSPS) is 17.5. The standard InChI is InChI=1S/C13H16N4O3S/c14-5-6-17-8-10(7-15-17)21(18,19)16-12-9-20-13-4-2-1-3-11(12)13/h1-4,7-8,12,16H,5-6,9,14H2. The van der Waals surface area contributed by atoms with E-state index >= 15 is 0 Å². The van der Waals surface area contributed by atoms with Crippen molar-refractivity contribution in [3.63, 3.8) is 0 Å². The molecule has 0 saturated carbocycles. The van der Waals surface area contributed by atoms with E-state index in [0.29, 0.717) is 18.8 Å². The van der Waals surface area contributed by atoms with Crippen molar-refractivity contribution < 1.29 is 13.2 Å². The zero-order valence-electron chi connectivity index (χ0n) is 11.3. The Morgan fingerprint density at radius 2 is 2.24 bits per heavy atom. The van der Waals surface area contributed by atoms with Gasteiger partial charge in [0.25, 0.3) is 0 Å². The Bertz CT molecular complexity index is 741. The van der Waals surface area contributed by atoms with Gasteiger partial charge in [-0.1, -0.05) is 18.2 Å². The van der Waals surface area contributed by atoms with Crippen molar-refractivity contribution in [3.05, 3.63) is 42.2 Å². The van der Waals surface area contributed by atoms with E-state index in [2.05, 4.69) is 9.82 Å². The van der Waals surface area contributed by atoms with Crippen LogP contribution in [0.3, 0.4) is 0 Å². The first-order chi connectivity index (χ1) is 10.1. The van der Waals surface area contributed by atoms with Crippen molar-refractivity contribution in [2.75, 3.05) is 13.2 Å². The number of benzene rings is 1. The topological polar surface area (TPSA) is 99.2 Å². The maximum absolute atomic E-state index is 12.4. The molecule has 1 atom stereocenters. The smallest absolute Gasteiger partial charge is 0.244 e. The molecule has 1 aromatic heterocycles. The highest BCUT2D eigenvalue weighted by Crippen LogP contribution is 2.32. The van der Waals surface area contributed by atoms with Gasteiger partial charge in [-0.25, -0.2) is 8.42 Å². The van der Waals surface area contributed by atoms with Crippen LogP contribution in [0.15, 0.2) is 41.6 Å². The summed E-state index contributed by atoms with van der Waals surface area (Å²) in [7, 11) is -3.64. The summed E-state index contributed by atoms with van der Waals surface area (Å²) in [6.07, 6.45) is 2.79. The van der Waals surface area contributed by atoms with E-state index in [9.17, 15) is 8.42 Å². The number of para-hydroxylation sites is 1. The van der Waals surface area contributed by atoms with Crippen molar-refractivity contribution >= 4 is 10.0 Å². The van der Waals surface area contributed by atoms with E-state index in [1.54, 1.807) is 0 Å². The summed E-state index contributed by atoms with van der Waals surface area (Å²) in [5.41, 5.74) is 6.26. The number of rotatable bonds is 5. The number of nitrogens with zero attached hydrogens (tertiary/aromatic N) is 2. The average molecular weight is 308 g/mol. The first kappa shape index (κ1) is 14.1. The van der Waals surface area contributed by atoms with Crippen molar-refractivity contribution in [3.8, 4) is 5.75 Å². The third-order valence-electron chi connectivity index (χ3n) is 3.28.